The third-order valence-electron chi connectivity index (χ3n) is 7.40. The lowest BCUT2D eigenvalue weighted by atomic mass is 9.49. The van der Waals surface area contributed by atoms with Crippen molar-refractivity contribution in [1.29, 1.82) is 0 Å². The number of hydrogen-bond acceptors (Lipinski definition) is 3. The predicted octanol–water partition coefficient (Wildman–Crippen LogP) is 1.94. The summed E-state index contributed by atoms with van der Waals surface area (Å²) < 4.78 is 0. The summed E-state index contributed by atoms with van der Waals surface area (Å²) in [5.41, 5.74) is 0.229. The molecule has 1 aliphatic heterocycles. The molecule has 5 nitrogen and oxygen atoms in total. The second-order valence-electron chi connectivity index (χ2n) is 9.50. The Bertz CT molecular complexity index is 510. The Morgan fingerprint density at radius 1 is 1.16 bits per heavy atom. The summed E-state index contributed by atoms with van der Waals surface area (Å²) in [5, 5.41) is 12.5. The molecule has 0 aromatic rings. The molecule has 1 saturated heterocycles. The van der Waals surface area contributed by atoms with Crippen LogP contribution in [0.15, 0.2) is 0 Å². The summed E-state index contributed by atoms with van der Waals surface area (Å²) in [5.74, 6) is 2.77. The second-order valence-corrected chi connectivity index (χ2v) is 9.50. The van der Waals surface area contributed by atoms with E-state index in [4.69, 9.17) is 0 Å². The lowest BCUT2D eigenvalue weighted by Crippen LogP contribution is -2.48. The van der Waals surface area contributed by atoms with Gasteiger partial charge in [0.1, 0.15) is 0 Å². The number of nitrogens with zero attached hydrogens (tertiary/aromatic N) is 1. The van der Waals surface area contributed by atoms with Crippen LogP contribution in [0.4, 0.5) is 0 Å². The predicted molar refractivity (Wildman–Crippen MR) is 94.6 cm³/mol. The number of nitrogens with one attached hydrogen (secondary N) is 1. The Morgan fingerprint density at radius 3 is 2.28 bits per heavy atom. The summed E-state index contributed by atoms with van der Waals surface area (Å²) in [4.78, 5) is 26.6. The number of hydrogen-bond donors (Lipinski definition) is 2. The molecule has 0 radical (unpaired) electrons. The highest BCUT2D eigenvalue weighted by Crippen LogP contribution is 2.61. The van der Waals surface area contributed by atoms with Crippen LogP contribution in [0.5, 0.6) is 0 Å². The Hall–Kier alpha value is -1.10. The molecule has 4 saturated carbocycles. The van der Waals surface area contributed by atoms with Gasteiger partial charge in [-0.05, 0) is 75.0 Å². The van der Waals surface area contributed by atoms with Crippen molar-refractivity contribution in [2.45, 2.75) is 64.4 Å². The van der Waals surface area contributed by atoms with Crippen molar-refractivity contribution in [2.75, 3.05) is 19.6 Å². The largest absolute Gasteiger partial charge is 0.393 e. The van der Waals surface area contributed by atoms with Gasteiger partial charge < -0.3 is 15.3 Å². The summed E-state index contributed by atoms with van der Waals surface area (Å²) in [6.07, 6.45) is 8.93. The van der Waals surface area contributed by atoms with E-state index in [2.05, 4.69) is 5.32 Å². The van der Waals surface area contributed by atoms with Gasteiger partial charge in [0.2, 0.25) is 11.8 Å². The van der Waals surface area contributed by atoms with Gasteiger partial charge in [0.25, 0.3) is 0 Å². The average molecular weight is 348 g/mol. The van der Waals surface area contributed by atoms with Crippen LogP contribution in [0, 0.1) is 29.1 Å². The highest BCUT2D eigenvalue weighted by atomic mass is 16.3. The van der Waals surface area contributed by atoms with Crippen LogP contribution >= 0.6 is 0 Å². The number of rotatable bonds is 5. The van der Waals surface area contributed by atoms with E-state index in [1.807, 2.05) is 0 Å². The maximum absolute atomic E-state index is 12.5. The first-order chi connectivity index (χ1) is 11.9. The zero-order chi connectivity index (χ0) is 17.6. The van der Waals surface area contributed by atoms with Gasteiger partial charge >= 0.3 is 0 Å². The molecule has 5 heteroatoms. The van der Waals surface area contributed by atoms with Crippen LogP contribution in [0.2, 0.25) is 0 Å². The van der Waals surface area contributed by atoms with Crippen LogP contribution in [0.25, 0.3) is 0 Å². The summed E-state index contributed by atoms with van der Waals surface area (Å²) in [7, 11) is 0. The van der Waals surface area contributed by atoms with Crippen molar-refractivity contribution in [3.63, 3.8) is 0 Å². The second kappa shape index (κ2) is 6.57. The summed E-state index contributed by atoms with van der Waals surface area (Å²) in [6, 6.07) is 0. The molecule has 25 heavy (non-hydrogen) atoms. The maximum Gasteiger partial charge on any atom is 0.241 e. The topological polar surface area (TPSA) is 69.6 Å². The number of carbonyl (C=O) groups is 2. The van der Waals surface area contributed by atoms with Crippen molar-refractivity contribution in [3.05, 3.63) is 0 Å². The third kappa shape index (κ3) is 3.57. The van der Waals surface area contributed by atoms with Crippen molar-refractivity contribution in [1.82, 2.24) is 10.2 Å². The van der Waals surface area contributed by atoms with E-state index in [0.29, 0.717) is 19.5 Å². The maximum atomic E-state index is 12.5. The van der Waals surface area contributed by atoms with Gasteiger partial charge in [0.05, 0.1) is 12.6 Å². The van der Waals surface area contributed by atoms with Crippen molar-refractivity contribution in [2.24, 2.45) is 29.1 Å². The fourth-order valence-electron chi connectivity index (χ4n) is 6.60. The summed E-state index contributed by atoms with van der Waals surface area (Å²) in [6.45, 7) is 3.20. The number of carbonyl (C=O) groups excluding carboxylic acids is 2. The van der Waals surface area contributed by atoms with Gasteiger partial charge in [-0.2, -0.15) is 0 Å². The molecule has 5 fully saturated rings. The molecule has 5 rings (SSSR count). The van der Waals surface area contributed by atoms with Gasteiger partial charge in [0, 0.05) is 25.4 Å². The zero-order valence-corrected chi connectivity index (χ0v) is 15.4. The quantitative estimate of drug-likeness (QED) is 0.798. The van der Waals surface area contributed by atoms with Crippen LogP contribution in [-0.4, -0.2) is 47.6 Å². The van der Waals surface area contributed by atoms with Gasteiger partial charge in [-0.3, -0.25) is 9.59 Å². The molecule has 2 N–H and O–H groups in total. The molecule has 2 unspecified atom stereocenters. The number of aliphatic hydroxyl groups is 1. The molecule has 0 aromatic carbocycles. The fraction of sp³-hybridized carbons (Fsp3) is 0.900. The summed E-state index contributed by atoms with van der Waals surface area (Å²) >= 11 is 0. The highest BCUT2D eigenvalue weighted by Gasteiger charge is 2.51. The Morgan fingerprint density at radius 2 is 1.76 bits per heavy atom. The van der Waals surface area contributed by atoms with Gasteiger partial charge in [-0.1, -0.05) is 0 Å². The molecule has 4 bridgehead atoms. The standard InChI is InChI=1S/C20H32N2O3/c1-13(23)17-2-3-22(12-17)19(25)11-21-18(24)10-20-7-14-4-15(8-20)6-16(5-14)9-20/h13-17,23H,2-12H2,1H3,(H,21,24). The van der Waals surface area contributed by atoms with Crippen LogP contribution in [-0.2, 0) is 9.59 Å². The normalized spacial score (nSPS) is 40.3. The van der Waals surface area contributed by atoms with E-state index in [0.717, 1.165) is 24.2 Å². The first-order valence-corrected chi connectivity index (χ1v) is 10.1. The third-order valence-corrected chi connectivity index (χ3v) is 7.40. The van der Waals surface area contributed by atoms with E-state index < -0.39 is 0 Å². The lowest BCUT2D eigenvalue weighted by Gasteiger charge is -2.56. The van der Waals surface area contributed by atoms with Crippen molar-refractivity contribution < 1.29 is 14.7 Å². The van der Waals surface area contributed by atoms with Crippen molar-refractivity contribution in [3.8, 4) is 0 Å². The molecule has 2 atom stereocenters. The lowest BCUT2D eigenvalue weighted by molar-refractivity contribution is -0.135. The number of likely N-dealkylation sites (tertiary alicyclic amines) is 1. The molecule has 140 valence electrons. The Kier molecular flexibility index (Phi) is 4.55. The molecule has 0 spiro atoms. The van der Waals surface area contributed by atoms with Gasteiger partial charge in [-0.15, -0.1) is 0 Å². The van der Waals surface area contributed by atoms with Crippen LogP contribution in [0.3, 0.4) is 0 Å². The minimum Gasteiger partial charge on any atom is -0.393 e. The smallest absolute Gasteiger partial charge is 0.241 e. The Labute approximate surface area is 150 Å². The molecule has 2 amide bonds. The monoisotopic (exact) mass is 348 g/mol. The molecule has 1 heterocycles. The number of aliphatic hydroxyl groups excluding tert-OH is 1. The van der Waals surface area contributed by atoms with Crippen LogP contribution in [0.1, 0.15) is 58.3 Å². The van der Waals surface area contributed by atoms with E-state index in [-0.39, 0.29) is 35.8 Å². The van der Waals surface area contributed by atoms with Gasteiger partial charge in [0.15, 0.2) is 0 Å². The van der Waals surface area contributed by atoms with Gasteiger partial charge in [-0.25, -0.2) is 0 Å². The van der Waals surface area contributed by atoms with E-state index in [9.17, 15) is 14.7 Å². The molecule has 4 aliphatic carbocycles. The van der Waals surface area contributed by atoms with E-state index in [1.54, 1.807) is 11.8 Å². The van der Waals surface area contributed by atoms with E-state index in [1.165, 1.54) is 38.5 Å². The molecular formula is C20H32N2O3. The molecule has 0 aromatic heterocycles. The first-order valence-electron chi connectivity index (χ1n) is 10.1. The minimum absolute atomic E-state index is 0.0120. The minimum atomic E-state index is -0.372. The molecular weight excluding hydrogens is 316 g/mol. The first kappa shape index (κ1) is 17.3. The Balaban J connectivity index is 1.25. The molecule has 5 aliphatic rings. The van der Waals surface area contributed by atoms with Crippen molar-refractivity contribution >= 4 is 11.8 Å². The average Bonchev–Trinajstić information content (AvgIpc) is 3.01. The number of amides is 2. The zero-order valence-electron chi connectivity index (χ0n) is 15.4. The highest BCUT2D eigenvalue weighted by molar-refractivity contribution is 5.85. The van der Waals surface area contributed by atoms with Crippen LogP contribution < -0.4 is 5.32 Å². The SMILES string of the molecule is CC(O)C1CCN(C(=O)CNC(=O)CC23CC4CC(CC(C4)C2)C3)C1. The fourth-order valence-corrected chi connectivity index (χ4v) is 6.60. The van der Waals surface area contributed by atoms with E-state index >= 15 is 0 Å².